The molecular weight excluding hydrogens is 206 g/mol. The first-order valence-corrected chi connectivity index (χ1v) is 0.730. The van der Waals surface area contributed by atoms with Gasteiger partial charge in [-0.2, -0.15) is 0 Å². The van der Waals surface area contributed by atoms with Crippen molar-refractivity contribution in [3.63, 3.8) is 0 Å². The van der Waals surface area contributed by atoms with Gasteiger partial charge in [-0.15, -0.1) is 0 Å². The number of hydrogen-bond donors (Lipinski definition) is 1. The molecule has 0 radical (unpaired) electrons. The Morgan fingerprint density at radius 1 is 1.25 bits per heavy atom. The summed E-state index contributed by atoms with van der Waals surface area (Å²) in [7, 11) is -2.67. The van der Waals surface area contributed by atoms with E-state index in [1.54, 1.807) is 0 Å². The fourth-order valence-corrected chi connectivity index (χ4v) is 0. The van der Waals surface area contributed by atoms with E-state index < -0.39 is 7.32 Å². The standard InChI is InChI=1S/BHO3.Ca.ClH.Fe.H2O/c2-1(3)4;;;;/h2H;;1H;;1H2/q-2;+2;;+2;/p-2. The van der Waals surface area contributed by atoms with Crippen molar-refractivity contribution in [1.82, 2.24) is 0 Å². The molecule has 0 aliphatic rings. The summed E-state index contributed by atoms with van der Waals surface area (Å²) in [6.07, 6.45) is 0. The van der Waals surface area contributed by atoms with Crippen LogP contribution in [0.5, 0.6) is 0 Å². The molecule has 0 saturated heterocycles. The Hall–Kier alpha value is 1.97. The maximum Gasteiger partial charge on any atom is 2.00 e. The van der Waals surface area contributed by atoms with Crippen LogP contribution in [0.25, 0.3) is 0 Å². The van der Waals surface area contributed by atoms with Crippen molar-refractivity contribution < 1.29 is 50.0 Å². The van der Waals surface area contributed by atoms with Crippen molar-refractivity contribution in [3.8, 4) is 0 Å². The van der Waals surface area contributed by atoms with Gasteiger partial charge in [0.25, 0.3) is 0 Å². The summed E-state index contributed by atoms with van der Waals surface area (Å²) in [6, 6.07) is 0. The van der Waals surface area contributed by atoms with Crippen molar-refractivity contribution in [2.24, 2.45) is 0 Å². The van der Waals surface area contributed by atoms with Gasteiger partial charge in [-0.05, 0) is 0 Å². The molecule has 0 aromatic heterocycles. The molecule has 0 atom stereocenters. The molecular formula is H2BCaClFeO4. The van der Waals surface area contributed by atoms with Crippen LogP contribution in [0.1, 0.15) is 0 Å². The van der Waals surface area contributed by atoms with Crippen LogP contribution in [0.2, 0.25) is 0 Å². The Kier molecular flexibility index (Phi) is 93.6. The minimum absolute atomic E-state index is 0. The van der Waals surface area contributed by atoms with E-state index in [1.165, 1.54) is 0 Å². The summed E-state index contributed by atoms with van der Waals surface area (Å²) in [5.74, 6) is 0. The molecule has 0 heterocycles. The van der Waals surface area contributed by atoms with Gasteiger partial charge in [-0.1, -0.05) is 0 Å². The van der Waals surface area contributed by atoms with Crippen LogP contribution >= 0.6 is 0 Å². The Bertz CT molecular complexity index is 20.8. The van der Waals surface area contributed by atoms with E-state index in [9.17, 15) is 0 Å². The van der Waals surface area contributed by atoms with Crippen molar-refractivity contribution in [2.45, 2.75) is 0 Å². The summed E-state index contributed by atoms with van der Waals surface area (Å²) >= 11 is 0. The normalized spacial score (nSPS) is 3.38. The van der Waals surface area contributed by atoms with Crippen molar-refractivity contribution in [2.75, 3.05) is 0 Å². The van der Waals surface area contributed by atoms with E-state index in [-0.39, 0.29) is 72.7 Å². The van der Waals surface area contributed by atoms with Gasteiger partial charge >= 0.3 is 54.8 Å². The zero-order valence-corrected chi connectivity index (χ0v) is 7.80. The third kappa shape index (κ3) is 99.5. The Labute approximate surface area is 94.0 Å². The summed E-state index contributed by atoms with van der Waals surface area (Å²) in [5.41, 5.74) is 0. The molecule has 2 N–H and O–H groups in total. The summed E-state index contributed by atoms with van der Waals surface area (Å²) in [5, 5.41) is 24.0. The molecule has 0 fully saturated rings. The second-order valence-electron chi connectivity index (χ2n) is 0.307. The quantitative estimate of drug-likeness (QED) is 0.400. The maximum absolute atomic E-state index is 8.53. The first kappa shape index (κ1) is 32.5. The second kappa shape index (κ2) is 23.1. The summed E-state index contributed by atoms with van der Waals surface area (Å²) in [4.78, 5) is 0. The average Bonchev–Trinajstić information content (AvgIpc) is 0.811. The van der Waals surface area contributed by atoms with Gasteiger partial charge in [0.05, 0.1) is 7.32 Å². The molecule has 4 nitrogen and oxygen atoms in total. The predicted molar refractivity (Wildman–Crippen MR) is 15.7 cm³/mol. The van der Waals surface area contributed by atoms with Crippen molar-refractivity contribution in [3.05, 3.63) is 0 Å². The second-order valence-corrected chi connectivity index (χ2v) is 0.307. The molecule has 8 heteroatoms. The van der Waals surface area contributed by atoms with E-state index in [2.05, 4.69) is 0 Å². The third-order valence-electron chi connectivity index (χ3n) is 0. The van der Waals surface area contributed by atoms with E-state index in [1.807, 2.05) is 0 Å². The van der Waals surface area contributed by atoms with Gasteiger partial charge in [0.2, 0.25) is 0 Å². The van der Waals surface area contributed by atoms with Gasteiger partial charge in [-0.3, -0.25) is 0 Å². The van der Waals surface area contributed by atoms with E-state index in [4.69, 9.17) is 15.1 Å². The zero-order chi connectivity index (χ0) is 3.58. The van der Waals surface area contributed by atoms with E-state index in [0.717, 1.165) is 0 Å². The molecule has 0 amide bonds. The third-order valence-corrected chi connectivity index (χ3v) is 0. The van der Waals surface area contributed by atoms with Crippen LogP contribution in [-0.2, 0) is 17.1 Å². The van der Waals surface area contributed by atoms with Gasteiger partial charge < -0.3 is 33.0 Å². The van der Waals surface area contributed by atoms with Crippen molar-refractivity contribution in [1.29, 1.82) is 0 Å². The minimum Gasteiger partial charge on any atom is -1.00 e. The summed E-state index contributed by atoms with van der Waals surface area (Å²) < 4.78 is 0. The fraction of sp³-hybridized carbons (Fsp3) is 0. The molecule has 0 unspecified atom stereocenters. The molecule has 0 aliphatic carbocycles. The Morgan fingerprint density at radius 3 is 1.25 bits per heavy atom. The van der Waals surface area contributed by atoms with Crippen LogP contribution < -0.4 is 22.5 Å². The number of rotatable bonds is 0. The van der Waals surface area contributed by atoms with Crippen LogP contribution in [0.4, 0.5) is 0 Å². The molecule has 0 spiro atoms. The molecule has 0 bridgehead atoms. The molecule has 0 saturated carbocycles. The molecule has 0 aromatic carbocycles. The van der Waals surface area contributed by atoms with Gasteiger partial charge in [-0.25, -0.2) is 0 Å². The first-order valence-electron chi connectivity index (χ1n) is 0.730. The van der Waals surface area contributed by atoms with Gasteiger partial charge in [0, 0.05) is 0 Å². The van der Waals surface area contributed by atoms with Crippen molar-refractivity contribution >= 4 is 45.1 Å². The largest absolute Gasteiger partial charge is 2.00 e. The molecule has 8 heavy (non-hydrogen) atoms. The van der Waals surface area contributed by atoms with Gasteiger partial charge in [0.15, 0.2) is 0 Å². The van der Waals surface area contributed by atoms with Gasteiger partial charge in [0.1, 0.15) is 0 Å². The summed E-state index contributed by atoms with van der Waals surface area (Å²) in [6.45, 7) is 0. The maximum atomic E-state index is 8.53. The van der Waals surface area contributed by atoms with E-state index in [0.29, 0.717) is 0 Å². The minimum atomic E-state index is -2.67. The number of halogens is 1. The smallest absolute Gasteiger partial charge is 1.00 e. The fourth-order valence-electron chi connectivity index (χ4n) is 0. The predicted octanol–water partition coefficient (Wildman–Crippen LogP) is -6.87. The molecule has 46 valence electrons. The van der Waals surface area contributed by atoms with E-state index >= 15 is 0 Å². The van der Waals surface area contributed by atoms with Crippen LogP contribution in [0.15, 0.2) is 0 Å². The van der Waals surface area contributed by atoms with Crippen LogP contribution in [0, 0.1) is 0 Å². The monoisotopic (exact) mass is 208 g/mol. The zero-order valence-electron chi connectivity index (χ0n) is 3.73. The SMILES string of the molecule is [Ca+2].[Cl-].[Fe+2].[O-]B([O-])O.[OH-]. The molecule has 0 aromatic rings. The Balaban J connectivity index is -0.00000000750. The first-order chi connectivity index (χ1) is 1.73. The Morgan fingerprint density at radius 2 is 1.25 bits per heavy atom. The molecule has 0 aliphatic heterocycles. The topological polar surface area (TPSA) is 96.3 Å². The van der Waals surface area contributed by atoms with Crippen LogP contribution in [-0.4, -0.2) is 55.6 Å². The molecule has 0 rings (SSSR count). The van der Waals surface area contributed by atoms with Crippen LogP contribution in [0.3, 0.4) is 0 Å². The average molecular weight is 208 g/mol. The number of hydrogen-bond acceptors (Lipinski definition) is 4.